The first-order valence-corrected chi connectivity index (χ1v) is 9.41. The monoisotopic (exact) mass is 350 g/mol. The van der Waals surface area contributed by atoms with E-state index in [1.165, 1.54) is 0 Å². The maximum absolute atomic E-state index is 12.8. The van der Waals surface area contributed by atoms with Crippen LogP contribution in [0, 0.1) is 5.92 Å². The molecule has 2 aromatic carbocycles. The van der Waals surface area contributed by atoms with Gasteiger partial charge in [-0.2, -0.15) is 0 Å². The lowest BCUT2D eigenvalue weighted by Gasteiger charge is -2.21. The number of carbonyl (C=O) groups excluding carboxylic acids is 2. The van der Waals surface area contributed by atoms with Crippen LogP contribution < -0.4 is 5.32 Å². The van der Waals surface area contributed by atoms with Crippen LogP contribution in [0.25, 0.3) is 11.1 Å². The first-order chi connectivity index (χ1) is 12.7. The van der Waals surface area contributed by atoms with E-state index in [-0.39, 0.29) is 17.7 Å². The van der Waals surface area contributed by atoms with Crippen LogP contribution in [-0.4, -0.2) is 36.3 Å². The Hall–Kier alpha value is -2.62. The van der Waals surface area contributed by atoms with Crippen molar-refractivity contribution in [2.45, 2.75) is 26.2 Å². The van der Waals surface area contributed by atoms with E-state index >= 15 is 0 Å². The molecule has 1 aliphatic rings. The summed E-state index contributed by atoms with van der Waals surface area (Å²) in [5, 5.41) is 2.90. The van der Waals surface area contributed by atoms with Crippen molar-refractivity contribution in [3.63, 3.8) is 0 Å². The third kappa shape index (κ3) is 4.31. The molecule has 1 aliphatic heterocycles. The Morgan fingerprint density at radius 2 is 1.65 bits per heavy atom. The van der Waals surface area contributed by atoms with Crippen molar-refractivity contribution in [3.05, 3.63) is 60.2 Å². The molecule has 0 radical (unpaired) electrons. The Balaban J connectivity index is 1.65. The molecule has 3 rings (SSSR count). The van der Waals surface area contributed by atoms with Gasteiger partial charge in [0.15, 0.2) is 0 Å². The minimum absolute atomic E-state index is 0.0215. The molecule has 0 spiro atoms. The molecule has 0 bridgehead atoms. The van der Waals surface area contributed by atoms with E-state index < -0.39 is 0 Å². The molecule has 1 heterocycles. The summed E-state index contributed by atoms with van der Waals surface area (Å²) < 4.78 is 0. The number of hydrogen-bond acceptors (Lipinski definition) is 2. The van der Waals surface area contributed by atoms with Crippen LogP contribution in [0.1, 0.15) is 36.5 Å². The van der Waals surface area contributed by atoms with E-state index in [1.807, 2.05) is 54.3 Å². The van der Waals surface area contributed by atoms with Crippen LogP contribution in [0.15, 0.2) is 54.6 Å². The van der Waals surface area contributed by atoms with Gasteiger partial charge in [0.2, 0.25) is 5.91 Å². The van der Waals surface area contributed by atoms with Crippen LogP contribution in [0.3, 0.4) is 0 Å². The average Bonchev–Trinajstić information content (AvgIpc) is 2.95. The SMILES string of the molecule is CCNC(=O)C1CCCN(C(=O)c2ccc(-c3ccccc3)cc2)CC1. The summed E-state index contributed by atoms with van der Waals surface area (Å²) in [5.41, 5.74) is 2.96. The summed E-state index contributed by atoms with van der Waals surface area (Å²) in [4.78, 5) is 26.8. The molecule has 4 heteroatoms. The highest BCUT2D eigenvalue weighted by atomic mass is 16.2. The second kappa shape index (κ2) is 8.65. The van der Waals surface area contributed by atoms with Gasteiger partial charge in [-0.1, -0.05) is 42.5 Å². The molecular formula is C22H26N2O2. The number of amides is 2. The summed E-state index contributed by atoms with van der Waals surface area (Å²) in [6.07, 6.45) is 2.46. The molecule has 1 saturated heterocycles. The van der Waals surface area contributed by atoms with Gasteiger partial charge in [-0.15, -0.1) is 0 Å². The lowest BCUT2D eigenvalue weighted by atomic mass is 10.00. The Morgan fingerprint density at radius 3 is 2.35 bits per heavy atom. The Kier molecular flexibility index (Phi) is 6.05. The highest BCUT2D eigenvalue weighted by Crippen LogP contribution is 2.22. The molecule has 136 valence electrons. The van der Waals surface area contributed by atoms with Gasteiger partial charge in [0.05, 0.1) is 0 Å². The molecule has 2 aromatic rings. The maximum Gasteiger partial charge on any atom is 0.253 e. The van der Waals surface area contributed by atoms with E-state index in [1.54, 1.807) is 0 Å². The fourth-order valence-corrected chi connectivity index (χ4v) is 3.50. The van der Waals surface area contributed by atoms with Crippen molar-refractivity contribution in [1.82, 2.24) is 10.2 Å². The maximum atomic E-state index is 12.8. The fraction of sp³-hybridized carbons (Fsp3) is 0.364. The number of carbonyl (C=O) groups is 2. The van der Waals surface area contributed by atoms with Crippen molar-refractivity contribution in [2.24, 2.45) is 5.92 Å². The molecule has 1 fully saturated rings. The van der Waals surface area contributed by atoms with Crippen molar-refractivity contribution >= 4 is 11.8 Å². The molecule has 0 saturated carbocycles. The summed E-state index contributed by atoms with van der Waals surface area (Å²) in [5.74, 6) is 0.198. The number of hydrogen-bond donors (Lipinski definition) is 1. The second-order valence-electron chi connectivity index (χ2n) is 6.76. The summed E-state index contributed by atoms with van der Waals surface area (Å²) in [6.45, 7) is 3.95. The first kappa shape index (κ1) is 18.2. The average molecular weight is 350 g/mol. The molecule has 4 nitrogen and oxygen atoms in total. The summed E-state index contributed by atoms with van der Waals surface area (Å²) in [7, 11) is 0. The minimum Gasteiger partial charge on any atom is -0.356 e. The predicted octanol–water partition coefficient (Wildman–Crippen LogP) is 3.73. The fourth-order valence-electron chi connectivity index (χ4n) is 3.50. The van der Waals surface area contributed by atoms with E-state index in [9.17, 15) is 9.59 Å². The third-order valence-corrected chi connectivity index (χ3v) is 4.98. The van der Waals surface area contributed by atoms with E-state index in [2.05, 4.69) is 17.4 Å². The summed E-state index contributed by atoms with van der Waals surface area (Å²) >= 11 is 0. The Labute approximate surface area is 155 Å². The lowest BCUT2D eigenvalue weighted by Crippen LogP contribution is -2.33. The van der Waals surface area contributed by atoms with Crippen LogP contribution >= 0.6 is 0 Å². The zero-order valence-corrected chi connectivity index (χ0v) is 15.3. The molecular weight excluding hydrogens is 324 g/mol. The van der Waals surface area contributed by atoms with E-state index in [0.29, 0.717) is 18.7 Å². The van der Waals surface area contributed by atoms with Crippen LogP contribution in [-0.2, 0) is 4.79 Å². The number of benzene rings is 2. The Bertz CT molecular complexity index is 740. The van der Waals surface area contributed by atoms with E-state index in [0.717, 1.165) is 36.9 Å². The van der Waals surface area contributed by atoms with E-state index in [4.69, 9.17) is 0 Å². The summed E-state index contributed by atoms with van der Waals surface area (Å²) in [6, 6.07) is 17.9. The minimum atomic E-state index is 0.0215. The highest BCUT2D eigenvalue weighted by Gasteiger charge is 2.25. The molecule has 26 heavy (non-hydrogen) atoms. The smallest absolute Gasteiger partial charge is 0.253 e. The van der Waals surface area contributed by atoms with Gasteiger partial charge in [-0.3, -0.25) is 9.59 Å². The number of nitrogens with one attached hydrogen (secondary N) is 1. The van der Waals surface area contributed by atoms with Gasteiger partial charge < -0.3 is 10.2 Å². The zero-order chi connectivity index (χ0) is 18.4. The van der Waals surface area contributed by atoms with Crippen LogP contribution in [0.5, 0.6) is 0 Å². The lowest BCUT2D eigenvalue weighted by molar-refractivity contribution is -0.125. The highest BCUT2D eigenvalue weighted by molar-refractivity contribution is 5.94. The molecule has 1 unspecified atom stereocenters. The zero-order valence-electron chi connectivity index (χ0n) is 15.3. The van der Waals surface area contributed by atoms with Gasteiger partial charge in [0, 0.05) is 31.1 Å². The topological polar surface area (TPSA) is 49.4 Å². The number of likely N-dealkylation sites (tertiary alicyclic amines) is 1. The van der Waals surface area contributed by atoms with Gasteiger partial charge in [0.1, 0.15) is 0 Å². The van der Waals surface area contributed by atoms with Gasteiger partial charge in [-0.25, -0.2) is 0 Å². The van der Waals surface area contributed by atoms with Gasteiger partial charge >= 0.3 is 0 Å². The Morgan fingerprint density at radius 1 is 0.962 bits per heavy atom. The van der Waals surface area contributed by atoms with Gasteiger partial charge in [0.25, 0.3) is 5.91 Å². The van der Waals surface area contributed by atoms with Crippen molar-refractivity contribution in [2.75, 3.05) is 19.6 Å². The molecule has 0 aromatic heterocycles. The second-order valence-corrected chi connectivity index (χ2v) is 6.76. The molecule has 1 N–H and O–H groups in total. The molecule has 2 amide bonds. The molecule has 0 aliphatic carbocycles. The predicted molar refractivity (Wildman–Crippen MR) is 104 cm³/mol. The van der Waals surface area contributed by atoms with Crippen LogP contribution in [0.4, 0.5) is 0 Å². The number of rotatable bonds is 4. The third-order valence-electron chi connectivity index (χ3n) is 4.98. The molecule has 1 atom stereocenters. The van der Waals surface area contributed by atoms with Crippen molar-refractivity contribution in [1.29, 1.82) is 0 Å². The first-order valence-electron chi connectivity index (χ1n) is 9.41. The van der Waals surface area contributed by atoms with Crippen LogP contribution in [0.2, 0.25) is 0 Å². The largest absolute Gasteiger partial charge is 0.356 e. The normalized spacial score (nSPS) is 17.4. The number of nitrogens with zero attached hydrogens (tertiary/aromatic N) is 1. The quantitative estimate of drug-likeness (QED) is 0.913. The van der Waals surface area contributed by atoms with Crippen molar-refractivity contribution in [3.8, 4) is 11.1 Å². The standard InChI is InChI=1S/C22H26N2O2/c1-2-23-21(25)19-9-6-15-24(16-14-19)22(26)20-12-10-18(11-13-20)17-7-4-3-5-8-17/h3-5,7-8,10-13,19H,2,6,9,14-16H2,1H3,(H,23,25). The van der Waals surface area contributed by atoms with Crippen molar-refractivity contribution < 1.29 is 9.59 Å². The van der Waals surface area contributed by atoms with Gasteiger partial charge in [-0.05, 0) is 49.4 Å².